The second-order valence-corrected chi connectivity index (χ2v) is 6.24. The Labute approximate surface area is 135 Å². The average molecular weight is 338 g/mol. The summed E-state index contributed by atoms with van der Waals surface area (Å²) in [5.41, 5.74) is 0.787. The van der Waals surface area contributed by atoms with Crippen LogP contribution in [0.15, 0.2) is 41.6 Å². The zero-order chi connectivity index (χ0) is 16.9. The highest BCUT2D eigenvalue weighted by Gasteiger charge is 2.26. The molecular weight excluding hydrogens is 320 g/mol. The summed E-state index contributed by atoms with van der Waals surface area (Å²) >= 11 is 0. The highest BCUT2D eigenvalue weighted by molar-refractivity contribution is 7.89. The second-order valence-electron chi connectivity index (χ2n) is 4.54. The van der Waals surface area contributed by atoms with Gasteiger partial charge in [0.15, 0.2) is 4.90 Å². The summed E-state index contributed by atoms with van der Waals surface area (Å²) < 4.78 is 43.3. The largest absolute Gasteiger partial charge is 0.496 e. The minimum Gasteiger partial charge on any atom is -0.496 e. The number of benzene rings is 1. The maximum Gasteiger partial charge on any atom is 0.248 e. The molecule has 124 valence electrons. The van der Waals surface area contributed by atoms with E-state index < -0.39 is 10.0 Å². The van der Waals surface area contributed by atoms with Crippen molar-refractivity contribution in [1.29, 1.82) is 0 Å². The molecule has 7 nitrogen and oxygen atoms in total. The summed E-state index contributed by atoms with van der Waals surface area (Å²) in [6.45, 7) is 0.128. The fraction of sp³-hybridized carbons (Fsp3) is 0.267. The summed E-state index contributed by atoms with van der Waals surface area (Å²) in [6.07, 6.45) is 3.19. The zero-order valence-corrected chi connectivity index (χ0v) is 13.9. The van der Waals surface area contributed by atoms with Crippen molar-refractivity contribution in [2.24, 2.45) is 0 Å². The molecular formula is C15H18N2O5S. The molecule has 0 bridgehead atoms. The van der Waals surface area contributed by atoms with Gasteiger partial charge in [0.05, 0.1) is 21.3 Å². The van der Waals surface area contributed by atoms with Gasteiger partial charge in [0.1, 0.15) is 17.2 Å². The van der Waals surface area contributed by atoms with Crippen LogP contribution >= 0.6 is 0 Å². The van der Waals surface area contributed by atoms with Crippen LogP contribution in [0.3, 0.4) is 0 Å². The van der Waals surface area contributed by atoms with E-state index in [1.54, 1.807) is 24.5 Å². The smallest absolute Gasteiger partial charge is 0.248 e. The molecule has 1 N–H and O–H groups in total. The third-order valence-corrected chi connectivity index (χ3v) is 4.62. The van der Waals surface area contributed by atoms with Crippen LogP contribution < -0.4 is 18.9 Å². The average Bonchev–Trinajstić information content (AvgIpc) is 2.59. The monoisotopic (exact) mass is 338 g/mol. The molecule has 0 fully saturated rings. The number of ether oxygens (including phenoxy) is 3. The third-order valence-electron chi connectivity index (χ3n) is 3.15. The quantitative estimate of drug-likeness (QED) is 0.825. The van der Waals surface area contributed by atoms with E-state index in [2.05, 4.69) is 9.71 Å². The van der Waals surface area contributed by atoms with Crippen LogP contribution in [0.25, 0.3) is 0 Å². The van der Waals surface area contributed by atoms with Crippen molar-refractivity contribution in [3.05, 3.63) is 42.2 Å². The zero-order valence-electron chi connectivity index (χ0n) is 13.1. The second kappa shape index (κ2) is 7.30. The molecule has 0 saturated carbocycles. The van der Waals surface area contributed by atoms with Crippen molar-refractivity contribution in [2.75, 3.05) is 21.3 Å². The number of rotatable bonds is 7. The molecule has 0 unspecified atom stereocenters. The fourth-order valence-corrected chi connectivity index (χ4v) is 3.30. The minimum atomic E-state index is -3.84. The summed E-state index contributed by atoms with van der Waals surface area (Å²) in [4.78, 5) is 3.82. The molecule has 0 aliphatic carbocycles. The Bertz CT molecular complexity index is 738. The van der Waals surface area contributed by atoms with Gasteiger partial charge in [0.2, 0.25) is 10.0 Å². The topological polar surface area (TPSA) is 86.8 Å². The minimum absolute atomic E-state index is 0.0719. The number of sulfonamides is 1. The van der Waals surface area contributed by atoms with Crippen molar-refractivity contribution in [3.63, 3.8) is 0 Å². The lowest BCUT2D eigenvalue weighted by atomic mass is 10.3. The van der Waals surface area contributed by atoms with Crippen molar-refractivity contribution in [3.8, 4) is 17.2 Å². The van der Waals surface area contributed by atoms with E-state index in [1.165, 1.54) is 33.5 Å². The van der Waals surface area contributed by atoms with Gasteiger partial charge in [-0.3, -0.25) is 4.98 Å². The number of aromatic nitrogens is 1. The molecule has 8 heteroatoms. The van der Waals surface area contributed by atoms with Gasteiger partial charge >= 0.3 is 0 Å². The highest BCUT2D eigenvalue weighted by atomic mass is 32.2. The predicted molar refractivity (Wildman–Crippen MR) is 84.4 cm³/mol. The molecule has 1 heterocycles. The first-order valence-electron chi connectivity index (χ1n) is 6.70. The Balaban J connectivity index is 2.38. The Morgan fingerprint density at radius 3 is 2.04 bits per heavy atom. The predicted octanol–water partition coefficient (Wildman–Crippen LogP) is 1.59. The Morgan fingerprint density at radius 1 is 1.00 bits per heavy atom. The molecule has 1 aromatic heterocycles. The van der Waals surface area contributed by atoms with E-state index in [-0.39, 0.29) is 22.9 Å². The van der Waals surface area contributed by atoms with Crippen molar-refractivity contribution >= 4 is 10.0 Å². The van der Waals surface area contributed by atoms with Gasteiger partial charge < -0.3 is 14.2 Å². The molecule has 0 saturated heterocycles. The third kappa shape index (κ3) is 3.91. The van der Waals surface area contributed by atoms with Crippen LogP contribution in [0.2, 0.25) is 0 Å². The van der Waals surface area contributed by atoms with E-state index in [0.717, 1.165) is 5.56 Å². The number of hydrogen-bond donors (Lipinski definition) is 1. The summed E-state index contributed by atoms with van der Waals surface area (Å²) in [6, 6.07) is 6.43. The Hall–Kier alpha value is -2.32. The number of pyridine rings is 1. The first-order chi connectivity index (χ1) is 11.0. The lowest BCUT2D eigenvalue weighted by Gasteiger charge is -2.15. The standard InChI is InChI=1S/C15H18N2O5S/c1-20-12-8-13(21-2)15(14(9-12)22-3)23(18,19)17-10-11-4-6-16-7-5-11/h4-9,17H,10H2,1-3H3. The van der Waals surface area contributed by atoms with Crippen LogP contribution in [-0.4, -0.2) is 34.7 Å². The molecule has 1 aromatic carbocycles. The molecule has 0 aliphatic rings. The number of methoxy groups -OCH3 is 3. The van der Waals surface area contributed by atoms with E-state index >= 15 is 0 Å². The summed E-state index contributed by atoms with van der Waals surface area (Å²) in [7, 11) is 0.401. The van der Waals surface area contributed by atoms with Crippen LogP contribution in [-0.2, 0) is 16.6 Å². The Kier molecular flexibility index (Phi) is 5.41. The molecule has 0 radical (unpaired) electrons. The normalized spacial score (nSPS) is 11.1. The molecule has 2 rings (SSSR count). The van der Waals surface area contributed by atoms with Gasteiger partial charge in [0, 0.05) is 31.1 Å². The van der Waals surface area contributed by atoms with Crippen molar-refractivity contribution in [2.45, 2.75) is 11.4 Å². The van der Waals surface area contributed by atoms with Crippen LogP contribution in [0.5, 0.6) is 17.2 Å². The first-order valence-corrected chi connectivity index (χ1v) is 8.18. The van der Waals surface area contributed by atoms with Crippen molar-refractivity contribution in [1.82, 2.24) is 9.71 Å². The van der Waals surface area contributed by atoms with Crippen LogP contribution in [0, 0.1) is 0 Å². The molecule has 0 atom stereocenters. The number of hydrogen-bond acceptors (Lipinski definition) is 6. The van der Waals surface area contributed by atoms with Gasteiger partial charge in [0.25, 0.3) is 0 Å². The van der Waals surface area contributed by atoms with Crippen LogP contribution in [0.4, 0.5) is 0 Å². The van der Waals surface area contributed by atoms with Gasteiger partial charge in [-0.1, -0.05) is 0 Å². The van der Waals surface area contributed by atoms with Crippen molar-refractivity contribution < 1.29 is 22.6 Å². The SMILES string of the molecule is COc1cc(OC)c(S(=O)(=O)NCc2ccncc2)c(OC)c1. The highest BCUT2D eigenvalue weighted by Crippen LogP contribution is 2.37. The van der Waals surface area contributed by atoms with E-state index in [9.17, 15) is 8.42 Å². The van der Waals surface area contributed by atoms with Crippen LogP contribution in [0.1, 0.15) is 5.56 Å². The van der Waals surface area contributed by atoms with E-state index in [1.807, 2.05) is 0 Å². The fourth-order valence-electron chi connectivity index (χ4n) is 1.99. The maximum atomic E-state index is 12.6. The number of nitrogens with one attached hydrogen (secondary N) is 1. The van der Waals surface area contributed by atoms with Gasteiger partial charge in [-0.25, -0.2) is 13.1 Å². The molecule has 0 aliphatic heterocycles. The van der Waals surface area contributed by atoms with Gasteiger partial charge in [-0.2, -0.15) is 0 Å². The lowest BCUT2D eigenvalue weighted by molar-refractivity contribution is 0.358. The van der Waals surface area contributed by atoms with E-state index in [0.29, 0.717) is 5.75 Å². The lowest BCUT2D eigenvalue weighted by Crippen LogP contribution is -2.24. The molecule has 2 aromatic rings. The van der Waals surface area contributed by atoms with E-state index in [4.69, 9.17) is 14.2 Å². The first kappa shape index (κ1) is 17.0. The van der Waals surface area contributed by atoms with Gasteiger partial charge in [-0.05, 0) is 17.7 Å². The number of nitrogens with zero attached hydrogens (tertiary/aromatic N) is 1. The molecule has 0 amide bonds. The molecule has 0 spiro atoms. The molecule has 23 heavy (non-hydrogen) atoms. The Morgan fingerprint density at radius 2 is 1.57 bits per heavy atom. The van der Waals surface area contributed by atoms with Gasteiger partial charge in [-0.15, -0.1) is 0 Å². The summed E-state index contributed by atoms with van der Waals surface area (Å²) in [5, 5.41) is 0. The summed E-state index contributed by atoms with van der Waals surface area (Å²) in [5.74, 6) is 0.721. The maximum absolute atomic E-state index is 12.6.